The summed E-state index contributed by atoms with van der Waals surface area (Å²) in [6, 6.07) is 27.3. The van der Waals surface area contributed by atoms with Crippen molar-refractivity contribution in [2.45, 2.75) is 5.22 Å². The van der Waals surface area contributed by atoms with Crippen molar-refractivity contribution in [3.63, 3.8) is 0 Å². The first-order valence-electron chi connectivity index (χ1n) is 13.2. The minimum atomic E-state index is -0.358. The fraction of sp³-hybridized carbons (Fsp3) is 0.161. The fourth-order valence-electron chi connectivity index (χ4n) is 4.73. The monoisotopic (exact) mass is 567 g/mol. The third-order valence-corrected chi connectivity index (χ3v) is 7.72. The molecule has 1 aliphatic heterocycles. The highest BCUT2D eigenvalue weighted by Crippen LogP contribution is 2.27. The van der Waals surface area contributed by atoms with E-state index in [1.807, 2.05) is 66.7 Å². The van der Waals surface area contributed by atoms with Gasteiger partial charge in [-0.3, -0.25) is 9.59 Å². The number of aromatic nitrogens is 2. The van der Waals surface area contributed by atoms with Gasteiger partial charge in [0.1, 0.15) is 5.82 Å². The highest BCUT2D eigenvalue weighted by atomic mass is 32.2. The molecule has 0 aliphatic carbocycles. The van der Waals surface area contributed by atoms with Crippen LogP contribution in [0, 0.1) is 5.82 Å². The predicted molar refractivity (Wildman–Crippen MR) is 158 cm³/mol. The van der Waals surface area contributed by atoms with Gasteiger partial charge in [-0.05, 0) is 71.4 Å². The van der Waals surface area contributed by atoms with Crippen molar-refractivity contribution >= 4 is 45.7 Å². The molecule has 0 bridgehead atoms. The molecular weight excluding hydrogens is 541 g/mol. The Kier molecular flexibility index (Phi) is 7.64. The second-order valence-electron chi connectivity index (χ2n) is 9.60. The minimum Gasteiger partial charge on any atom is -0.411 e. The second-order valence-corrected chi connectivity index (χ2v) is 10.5. The average Bonchev–Trinajstić information content (AvgIpc) is 3.50. The lowest BCUT2D eigenvalue weighted by Crippen LogP contribution is -2.48. The number of anilines is 2. The SMILES string of the molecule is O=C(CSc1nnc(-c2ccc3ccccc3c2)o1)Nc1ccc(N2CCN(C(=O)c3ccc(F)cc3)CC2)cc1. The van der Waals surface area contributed by atoms with Crippen molar-refractivity contribution in [2.24, 2.45) is 0 Å². The number of amides is 2. The van der Waals surface area contributed by atoms with Crippen LogP contribution in [0.5, 0.6) is 0 Å². The Labute approximate surface area is 240 Å². The molecule has 1 N–H and O–H groups in total. The Morgan fingerprint density at radius 2 is 1.59 bits per heavy atom. The van der Waals surface area contributed by atoms with Gasteiger partial charge in [0, 0.05) is 48.7 Å². The minimum absolute atomic E-state index is 0.0916. The molecule has 8 nitrogen and oxygen atoms in total. The number of nitrogens with zero attached hydrogens (tertiary/aromatic N) is 4. The second kappa shape index (κ2) is 11.8. The summed E-state index contributed by atoms with van der Waals surface area (Å²) >= 11 is 1.18. The smallest absolute Gasteiger partial charge is 0.277 e. The van der Waals surface area contributed by atoms with Gasteiger partial charge in [-0.15, -0.1) is 10.2 Å². The van der Waals surface area contributed by atoms with E-state index in [9.17, 15) is 14.0 Å². The van der Waals surface area contributed by atoms with Gasteiger partial charge in [-0.25, -0.2) is 4.39 Å². The van der Waals surface area contributed by atoms with E-state index in [4.69, 9.17) is 4.42 Å². The van der Waals surface area contributed by atoms with Crippen molar-refractivity contribution in [3.05, 3.63) is 102 Å². The van der Waals surface area contributed by atoms with Gasteiger partial charge in [-0.2, -0.15) is 0 Å². The van der Waals surface area contributed by atoms with Crippen LogP contribution in [-0.4, -0.2) is 58.8 Å². The summed E-state index contributed by atoms with van der Waals surface area (Å²) in [6.07, 6.45) is 0. The van der Waals surface area contributed by atoms with E-state index in [0.717, 1.165) is 22.0 Å². The van der Waals surface area contributed by atoms with Crippen molar-refractivity contribution in [1.82, 2.24) is 15.1 Å². The highest BCUT2D eigenvalue weighted by Gasteiger charge is 2.22. The number of benzene rings is 4. The van der Waals surface area contributed by atoms with Crippen molar-refractivity contribution in [2.75, 3.05) is 42.1 Å². The molecule has 0 radical (unpaired) electrons. The van der Waals surface area contributed by atoms with Crippen LogP contribution in [0.25, 0.3) is 22.2 Å². The van der Waals surface area contributed by atoms with Crippen LogP contribution >= 0.6 is 11.8 Å². The molecular formula is C31H26FN5O3S. The lowest BCUT2D eigenvalue weighted by Gasteiger charge is -2.36. The third-order valence-electron chi connectivity index (χ3n) is 6.90. The van der Waals surface area contributed by atoms with Crippen LogP contribution in [0.4, 0.5) is 15.8 Å². The van der Waals surface area contributed by atoms with Crippen molar-refractivity contribution in [3.8, 4) is 11.5 Å². The van der Waals surface area contributed by atoms with Gasteiger partial charge >= 0.3 is 0 Å². The number of nitrogens with one attached hydrogen (secondary N) is 1. The van der Waals surface area contributed by atoms with Crippen LogP contribution in [0.2, 0.25) is 0 Å². The molecule has 5 aromatic rings. The van der Waals surface area contributed by atoms with Gasteiger partial charge in [0.25, 0.3) is 11.1 Å². The average molecular weight is 568 g/mol. The molecule has 0 spiro atoms. The molecule has 1 fully saturated rings. The number of thioether (sulfide) groups is 1. The number of rotatable bonds is 7. The lowest BCUT2D eigenvalue weighted by molar-refractivity contribution is -0.113. The van der Waals surface area contributed by atoms with E-state index in [2.05, 4.69) is 20.4 Å². The molecule has 1 aromatic heterocycles. The molecule has 6 rings (SSSR count). The van der Waals surface area contributed by atoms with Crippen molar-refractivity contribution < 1.29 is 18.4 Å². The number of carbonyl (C=O) groups is 2. The first-order valence-corrected chi connectivity index (χ1v) is 14.2. The largest absolute Gasteiger partial charge is 0.411 e. The molecule has 0 saturated carbocycles. The van der Waals surface area contributed by atoms with E-state index in [-0.39, 0.29) is 23.4 Å². The topological polar surface area (TPSA) is 91.6 Å². The molecule has 0 atom stereocenters. The molecule has 10 heteroatoms. The van der Waals surface area contributed by atoms with E-state index in [1.165, 1.54) is 36.0 Å². The van der Waals surface area contributed by atoms with Crippen molar-refractivity contribution in [1.29, 1.82) is 0 Å². The molecule has 4 aromatic carbocycles. The Hall–Kier alpha value is -4.70. The summed E-state index contributed by atoms with van der Waals surface area (Å²) < 4.78 is 18.9. The van der Waals surface area contributed by atoms with E-state index in [1.54, 1.807) is 4.90 Å². The van der Waals surface area contributed by atoms with Gasteiger partial charge in [-0.1, -0.05) is 42.1 Å². The normalized spacial score (nSPS) is 13.4. The first kappa shape index (κ1) is 26.5. The Balaban J connectivity index is 0.979. The summed E-state index contributed by atoms with van der Waals surface area (Å²) in [5, 5.41) is 13.6. The molecule has 0 unspecified atom stereocenters. The molecule has 1 saturated heterocycles. The number of piperazine rings is 1. The first-order chi connectivity index (χ1) is 20.0. The maximum absolute atomic E-state index is 13.2. The summed E-state index contributed by atoms with van der Waals surface area (Å²) in [7, 11) is 0. The van der Waals surface area contributed by atoms with Crippen LogP contribution in [0.1, 0.15) is 10.4 Å². The number of fused-ring (bicyclic) bond motifs is 1. The summed E-state index contributed by atoms with van der Waals surface area (Å²) in [5.41, 5.74) is 3.02. The molecule has 2 amide bonds. The predicted octanol–water partition coefficient (Wildman–Crippen LogP) is 5.72. The number of hydrogen-bond donors (Lipinski definition) is 1. The zero-order valence-corrected chi connectivity index (χ0v) is 22.8. The summed E-state index contributed by atoms with van der Waals surface area (Å²) in [4.78, 5) is 29.2. The molecule has 2 heterocycles. The van der Waals surface area contributed by atoms with Gasteiger partial charge in [0.15, 0.2) is 0 Å². The number of hydrogen-bond acceptors (Lipinski definition) is 7. The quantitative estimate of drug-likeness (QED) is 0.252. The van der Waals surface area contributed by atoms with Crippen LogP contribution in [0.3, 0.4) is 0 Å². The molecule has 41 heavy (non-hydrogen) atoms. The molecule has 206 valence electrons. The Bertz CT molecular complexity index is 1680. The highest BCUT2D eigenvalue weighted by molar-refractivity contribution is 7.99. The number of halogens is 1. The van der Waals surface area contributed by atoms with Crippen LogP contribution in [-0.2, 0) is 4.79 Å². The van der Waals surface area contributed by atoms with Gasteiger partial charge < -0.3 is 19.5 Å². The Morgan fingerprint density at radius 3 is 2.34 bits per heavy atom. The maximum atomic E-state index is 13.2. The standard InChI is InChI=1S/C31H26FN5O3S/c32-25-9-7-22(8-10-25)30(39)37-17-15-36(16-18-37)27-13-11-26(12-14-27)33-28(38)20-41-31-35-34-29(40-31)24-6-5-21-3-1-2-4-23(21)19-24/h1-14,19H,15-18,20H2,(H,33,38). The maximum Gasteiger partial charge on any atom is 0.277 e. The summed E-state index contributed by atoms with van der Waals surface area (Å²) in [6.45, 7) is 2.51. The number of carbonyl (C=O) groups excluding carboxylic acids is 2. The Morgan fingerprint density at radius 1 is 0.854 bits per heavy atom. The van der Waals surface area contributed by atoms with Gasteiger partial charge in [0.2, 0.25) is 11.8 Å². The summed E-state index contributed by atoms with van der Waals surface area (Å²) in [5.74, 6) is -0.0874. The van der Waals surface area contributed by atoms with E-state index in [0.29, 0.717) is 48.5 Å². The molecule has 1 aliphatic rings. The lowest BCUT2D eigenvalue weighted by atomic mass is 10.1. The third kappa shape index (κ3) is 6.22. The van der Waals surface area contributed by atoms with E-state index >= 15 is 0 Å². The fourth-order valence-corrected chi connectivity index (χ4v) is 5.29. The van der Waals surface area contributed by atoms with Crippen LogP contribution in [0.15, 0.2) is 101 Å². The zero-order valence-electron chi connectivity index (χ0n) is 22.0. The zero-order chi connectivity index (χ0) is 28.2. The van der Waals surface area contributed by atoms with Crippen LogP contribution < -0.4 is 10.2 Å². The van der Waals surface area contributed by atoms with E-state index < -0.39 is 0 Å². The van der Waals surface area contributed by atoms with Gasteiger partial charge in [0.05, 0.1) is 5.75 Å².